The topological polar surface area (TPSA) is 62.2 Å². The number of nitrogens with zero attached hydrogens (tertiary/aromatic N) is 1. The van der Waals surface area contributed by atoms with E-state index in [9.17, 15) is 4.79 Å². The van der Waals surface area contributed by atoms with E-state index in [1.165, 1.54) is 11.3 Å². The van der Waals surface area contributed by atoms with Gasteiger partial charge in [0.25, 0.3) is 0 Å². The monoisotopic (exact) mass is 452 g/mol. The molecule has 100 valence electrons. The predicted octanol–water partition coefficient (Wildman–Crippen LogP) is 4.27. The van der Waals surface area contributed by atoms with Crippen molar-refractivity contribution in [3.8, 4) is 0 Å². The lowest BCUT2D eigenvalue weighted by Gasteiger charge is -2.05. The van der Waals surface area contributed by atoms with Crippen LogP contribution in [0.15, 0.2) is 28.1 Å². The molecule has 0 radical (unpaired) electrons. The lowest BCUT2D eigenvalue weighted by Crippen LogP contribution is -1.98. The average molecular weight is 453 g/mol. The van der Waals surface area contributed by atoms with E-state index in [4.69, 9.17) is 5.11 Å². The van der Waals surface area contributed by atoms with Crippen LogP contribution in [-0.2, 0) is 11.2 Å². The number of benzene rings is 1. The van der Waals surface area contributed by atoms with Crippen molar-refractivity contribution in [1.82, 2.24) is 4.98 Å². The van der Waals surface area contributed by atoms with Crippen LogP contribution < -0.4 is 5.32 Å². The summed E-state index contributed by atoms with van der Waals surface area (Å²) >= 11 is 7.20. The quantitative estimate of drug-likeness (QED) is 0.665. The zero-order valence-corrected chi connectivity index (χ0v) is 14.3. The fraction of sp³-hybridized carbons (Fsp3) is 0.167. The van der Waals surface area contributed by atoms with Crippen molar-refractivity contribution >= 4 is 66.6 Å². The second kappa shape index (κ2) is 6.67. The van der Waals surface area contributed by atoms with Crippen LogP contribution in [0.25, 0.3) is 0 Å². The minimum Gasteiger partial charge on any atom is -0.481 e. The van der Waals surface area contributed by atoms with Crippen LogP contribution in [0.4, 0.5) is 10.8 Å². The number of nitrogens with one attached hydrogen (secondary N) is 1. The first-order valence-electron chi connectivity index (χ1n) is 5.43. The Balaban J connectivity index is 2.07. The van der Waals surface area contributed by atoms with Crippen LogP contribution in [0, 0.1) is 3.57 Å². The molecule has 19 heavy (non-hydrogen) atoms. The Hall–Kier alpha value is -0.670. The SMILES string of the molecule is O=C(O)CCc1csc(Nc2cc(I)ccc2Br)n1. The van der Waals surface area contributed by atoms with Gasteiger partial charge in [0.15, 0.2) is 5.13 Å². The highest BCUT2D eigenvalue weighted by Crippen LogP contribution is 2.29. The average Bonchev–Trinajstić information content (AvgIpc) is 2.79. The number of hydrogen-bond acceptors (Lipinski definition) is 4. The number of carboxylic acids is 1. The Morgan fingerprint density at radius 2 is 2.32 bits per heavy atom. The summed E-state index contributed by atoms with van der Waals surface area (Å²) in [7, 11) is 0. The largest absolute Gasteiger partial charge is 0.481 e. The van der Waals surface area contributed by atoms with Crippen LogP contribution >= 0.6 is 49.9 Å². The molecular formula is C12H10BrIN2O2S. The number of hydrogen-bond donors (Lipinski definition) is 2. The van der Waals surface area contributed by atoms with Gasteiger partial charge >= 0.3 is 5.97 Å². The fourth-order valence-corrected chi connectivity index (χ4v) is 3.02. The van der Waals surface area contributed by atoms with Gasteiger partial charge in [0.05, 0.1) is 17.8 Å². The number of aryl methyl sites for hydroxylation is 1. The third-order valence-corrected chi connectivity index (χ3v) is 4.49. The molecule has 0 aliphatic carbocycles. The van der Waals surface area contributed by atoms with Crippen LogP contribution in [0.5, 0.6) is 0 Å². The van der Waals surface area contributed by atoms with E-state index in [1.54, 1.807) is 0 Å². The van der Waals surface area contributed by atoms with E-state index in [-0.39, 0.29) is 6.42 Å². The second-order valence-corrected chi connectivity index (χ2v) is 6.74. The molecule has 1 aromatic carbocycles. The molecule has 7 heteroatoms. The molecule has 0 aliphatic heterocycles. The third-order valence-electron chi connectivity index (χ3n) is 2.32. The first-order chi connectivity index (χ1) is 9.04. The maximum absolute atomic E-state index is 10.5. The zero-order chi connectivity index (χ0) is 13.8. The van der Waals surface area contributed by atoms with Gasteiger partial charge in [-0.1, -0.05) is 0 Å². The summed E-state index contributed by atoms with van der Waals surface area (Å²) in [6.07, 6.45) is 0.567. The number of thiazole rings is 1. The summed E-state index contributed by atoms with van der Waals surface area (Å²) in [6, 6.07) is 6.00. The molecule has 1 heterocycles. The summed E-state index contributed by atoms with van der Waals surface area (Å²) < 4.78 is 2.10. The van der Waals surface area contributed by atoms with Gasteiger partial charge in [-0.2, -0.15) is 0 Å². The lowest BCUT2D eigenvalue weighted by atomic mass is 10.2. The van der Waals surface area contributed by atoms with Crippen molar-refractivity contribution in [2.24, 2.45) is 0 Å². The normalized spacial score (nSPS) is 10.4. The lowest BCUT2D eigenvalue weighted by molar-refractivity contribution is -0.136. The number of anilines is 2. The standard InChI is InChI=1S/C12H10BrIN2O2S/c13-9-3-1-7(14)5-10(9)16-12-15-8(6-19-12)2-4-11(17)18/h1,3,5-6H,2,4H2,(H,15,16)(H,17,18). The number of aromatic nitrogens is 1. The predicted molar refractivity (Wildman–Crippen MR) is 88.2 cm³/mol. The van der Waals surface area contributed by atoms with Gasteiger partial charge in [0.1, 0.15) is 0 Å². The molecule has 0 saturated carbocycles. The van der Waals surface area contributed by atoms with Gasteiger partial charge in [-0.25, -0.2) is 4.98 Å². The third kappa shape index (κ3) is 4.43. The molecule has 2 aromatic rings. The van der Waals surface area contributed by atoms with Crippen molar-refractivity contribution in [2.75, 3.05) is 5.32 Å². The van der Waals surface area contributed by atoms with Gasteiger partial charge in [0, 0.05) is 19.8 Å². The smallest absolute Gasteiger partial charge is 0.303 e. The Bertz CT molecular complexity index is 603. The summed E-state index contributed by atoms with van der Waals surface area (Å²) in [4.78, 5) is 14.9. The van der Waals surface area contributed by atoms with E-state index < -0.39 is 5.97 Å². The fourth-order valence-electron chi connectivity index (χ4n) is 1.42. The Morgan fingerprint density at radius 1 is 1.53 bits per heavy atom. The summed E-state index contributed by atoms with van der Waals surface area (Å²) in [5, 5.41) is 14.5. The van der Waals surface area contributed by atoms with Gasteiger partial charge in [0.2, 0.25) is 0 Å². The van der Waals surface area contributed by atoms with Gasteiger partial charge in [-0.15, -0.1) is 11.3 Å². The Morgan fingerprint density at radius 3 is 3.05 bits per heavy atom. The number of rotatable bonds is 5. The van der Waals surface area contributed by atoms with E-state index in [1.807, 2.05) is 23.6 Å². The molecule has 4 nitrogen and oxygen atoms in total. The molecule has 0 saturated heterocycles. The summed E-state index contributed by atoms with van der Waals surface area (Å²) in [5.74, 6) is -0.803. The van der Waals surface area contributed by atoms with E-state index in [0.29, 0.717) is 6.42 Å². The second-order valence-electron chi connectivity index (χ2n) is 3.79. The Labute approximate surface area is 136 Å². The highest BCUT2D eigenvalue weighted by molar-refractivity contribution is 14.1. The number of carbonyl (C=O) groups is 1. The van der Waals surface area contributed by atoms with E-state index >= 15 is 0 Å². The number of aliphatic carboxylic acids is 1. The summed E-state index contributed by atoms with van der Waals surface area (Å²) in [5.41, 5.74) is 1.75. The minimum atomic E-state index is -0.803. The van der Waals surface area contributed by atoms with Crippen molar-refractivity contribution in [1.29, 1.82) is 0 Å². The molecule has 0 amide bonds. The van der Waals surface area contributed by atoms with Crippen LogP contribution in [0.3, 0.4) is 0 Å². The molecular weight excluding hydrogens is 443 g/mol. The molecule has 0 bridgehead atoms. The van der Waals surface area contributed by atoms with E-state index in [0.717, 1.165) is 24.6 Å². The first-order valence-corrected chi connectivity index (χ1v) is 8.18. The van der Waals surface area contributed by atoms with Gasteiger partial charge in [-0.05, 0) is 56.7 Å². The number of halogens is 2. The molecule has 0 fully saturated rings. The highest BCUT2D eigenvalue weighted by Gasteiger charge is 2.07. The van der Waals surface area contributed by atoms with Crippen molar-refractivity contribution < 1.29 is 9.90 Å². The minimum absolute atomic E-state index is 0.107. The van der Waals surface area contributed by atoms with Crippen molar-refractivity contribution in [3.05, 3.63) is 37.3 Å². The van der Waals surface area contributed by atoms with Crippen LogP contribution in [0.2, 0.25) is 0 Å². The maximum Gasteiger partial charge on any atom is 0.303 e. The molecule has 1 aromatic heterocycles. The zero-order valence-electron chi connectivity index (χ0n) is 9.69. The summed E-state index contributed by atoms with van der Waals surface area (Å²) in [6.45, 7) is 0. The first kappa shape index (κ1) is 14.7. The molecule has 0 atom stereocenters. The van der Waals surface area contributed by atoms with Crippen LogP contribution in [0.1, 0.15) is 12.1 Å². The van der Waals surface area contributed by atoms with Crippen molar-refractivity contribution in [3.63, 3.8) is 0 Å². The van der Waals surface area contributed by atoms with E-state index in [2.05, 4.69) is 48.8 Å². The van der Waals surface area contributed by atoms with Crippen molar-refractivity contribution in [2.45, 2.75) is 12.8 Å². The molecule has 0 unspecified atom stereocenters. The number of carboxylic acid groups (broad SMARTS) is 1. The van der Waals surface area contributed by atoms with Crippen LogP contribution in [-0.4, -0.2) is 16.1 Å². The molecule has 2 rings (SSSR count). The highest BCUT2D eigenvalue weighted by atomic mass is 127. The maximum atomic E-state index is 10.5. The molecule has 2 N–H and O–H groups in total. The van der Waals surface area contributed by atoms with Gasteiger partial charge in [-0.3, -0.25) is 4.79 Å². The van der Waals surface area contributed by atoms with Gasteiger partial charge < -0.3 is 10.4 Å². The Kier molecular flexibility index (Phi) is 5.17. The molecule has 0 aliphatic rings. The molecule has 0 spiro atoms.